The van der Waals surface area contributed by atoms with Crippen LogP contribution in [0.15, 0.2) is 43.1 Å². The zero-order valence-electron chi connectivity index (χ0n) is 25.5. The maximum absolute atomic E-state index is 13.9. The molecular weight excluding hydrogens is 570 g/mol. The number of hydrogen-bond donors (Lipinski definition) is 1. The molecule has 2 aliphatic carbocycles. The van der Waals surface area contributed by atoms with Crippen LogP contribution in [-0.4, -0.2) is 78.2 Å². The molecule has 2 aromatic rings. The molecule has 0 radical (unpaired) electrons. The summed E-state index contributed by atoms with van der Waals surface area (Å²) in [7, 11) is -2.00. The van der Waals surface area contributed by atoms with E-state index in [-0.39, 0.29) is 36.6 Å². The standard InChI is InChI=1S/C32H41N3O7S/c1-7-20-15-32(20,27(36)18-43(39,40)22-12-13-22)34-28(37)25-14-21(17-35(25)30(38)19(2)31(3,4)5)42-29-24-11-9-8-10-23(24)26(41-6)16-33-29/h7-11,16,19-22,25H,1,12-15,17-18H2,2-6H3,(H,34,37)/t19-,20-,21-,25+,32-/m1/s1. The monoisotopic (exact) mass is 611 g/mol. The fraction of sp³-hybridized carbons (Fsp3) is 0.562. The number of sulfone groups is 1. The lowest BCUT2D eigenvalue weighted by Crippen LogP contribution is -2.55. The minimum Gasteiger partial charge on any atom is -0.494 e. The third-order valence-corrected chi connectivity index (χ3v) is 11.4. The second-order valence-corrected chi connectivity index (χ2v) is 15.5. The van der Waals surface area contributed by atoms with Gasteiger partial charge in [0.1, 0.15) is 29.2 Å². The summed E-state index contributed by atoms with van der Waals surface area (Å²) in [5.74, 6) is -1.65. The molecule has 3 aliphatic rings. The predicted molar refractivity (Wildman–Crippen MR) is 162 cm³/mol. The molecule has 0 spiro atoms. The Kier molecular flexibility index (Phi) is 8.09. The maximum atomic E-state index is 13.9. The molecule has 0 unspecified atom stereocenters. The van der Waals surface area contributed by atoms with E-state index < -0.39 is 56.1 Å². The first kappa shape index (κ1) is 31.0. The van der Waals surface area contributed by atoms with Crippen molar-refractivity contribution in [3.63, 3.8) is 0 Å². The number of nitrogens with one attached hydrogen (secondary N) is 1. The Labute approximate surface area is 253 Å². The molecule has 10 nitrogen and oxygen atoms in total. The Balaban J connectivity index is 1.40. The number of pyridine rings is 1. The molecule has 2 heterocycles. The van der Waals surface area contributed by atoms with Gasteiger partial charge in [-0.3, -0.25) is 14.4 Å². The van der Waals surface area contributed by atoms with Gasteiger partial charge in [-0.1, -0.05) is 52.0 Å². The molecule has 11 heteroatoms. The molecule has 1 N–H and O–H groups in total. The van der Waals surface area contributed by atoms with E-state index in [1.54, 1.807) is 19.4 Å². The lowest BCUT2D eigenvalue weighted by atomic mass is 9.81. The molecule has 2 amide bonds. The van der Waals surface area contributed by atoms with Crippen LogP contribution in [0.4, 0.5) is 0 Å². The number of fused-ring (bicyclic) bond motifs is 1. The molecule has 1 saturated heterocycles. The number of rotatable bonds is 11. The number of amides is 2. The van der Waals surface area contributed by atoms with Crippen LogP contribution in [0, 0.1) is 17.3 Å². The summed E-state index contributed by atoms with van der Waals surface area (Å²) in [6.07, 6.45) is 4.19. The van der Waals surface area contributed by atoms with Gasteiger partial charge < -0.3 is 19.7 Å². The molecule has 1 aromatic carbocycles. The predicted octanol–water partition coefficient (Wildman–Crippen LogP) is 3.48. The summed E-state index contributed by atoms with van der Waals surface area (Å²) in [5.41, 5.74) is -1.69. The number of hydrogen-bond acceptors (Lipinski definition) is 8. The fourth-order valence-corrected chi connectivity index (χ4v) is 7.53. The van der Waals surface area contributed by atoms with Gasteiger partial charge in [-0.2, -0.15) is 0 Å². The number of Topliss-reactive ketones (excluding diaryl/α,β-unsaturated/α-hetero) is 1. The summed E-state index contributed by atoms with van der Waals surface area (Å²) in [5, 5.41) is 3.96. The molecule has 5 atom stereocenters. The second-order valence-electron chi connectivity index (χ2n) is 13.2. The minimum absolute atomic E-state index is 0.154. The molecule has 232 valence electrons. The van der Waals surface area contributed by atoms with Crippen molar-refractivity contribution in [2.24, 2.45) is 17.3 Å². The van der Waals surface area contributed by atoms with Gasteiger partial charge in [-0.25, -0.2) is 13.4 Å². The van der Waals surface area contributed by atoms with E-state index in [1.807, 2.05) is 52.0 Å². The first-order chi connectivity index (χ1) is 20.2. The van der Waals surface area contributed by atoms with Crippen molar-refractivity contribution in [2.75, 3.05) is 19.4 Å². The summed E-state index contributed by atoms with van der Waals surface area (Å²) < 4.78 is 37.1. The number of aromatic nitrogens is 1. The molecule has 1 aliphatic heterocycles. The van der Waals surface area contributed by atoms with Crippen molar-refractivity contribution in [3.05, 3.63) is 43.1 Å². The van der Waals surface area contributed by atoms with Crippen LogP contribution in [0.5, 0.6) is 11.6 Å². The van der Waals surface area contributed by atoms with E-state index in [4.69, 9.17) is 9.47 Å². The van der Waals surface area contributed by atoms with E-state index in [0.717, 1.165) is 10.8 Å². The largest absolute Gasteiger partial charge is 0.494 e. The van der Waals surface area contributed by atoms with Crippen LogP contribution in [0.3, 0.4) is 0 Å². The number of methoxy groups -OCH3 is 1. The van der Waals surface area contributed by atoms with Crippen molar-refractivity contribution < 1.29 is 32.3 Å². The first-order valence-corrected chi connectivity index (χ1v) is 16.5. The summed E-state index contributed by atoms with van der Waals surface area (Å²) in [6.45, 7) is 11.7. The van der Waals surface area contributed by atoms with Crippen LogP contribution in [-0.2, 0) is 24.2 Å². The highest BCUT2D eigenvalue weighted by atomic mass is 32.2. The number of likely N-dealkylation sites (tertiary alicyclic amines) is 1. The summed E-state index contributed by atoms with van der Waals surface area (Å²) in [6, 6.07) is 6.62. The van der Waals surface area contributed by atoms with E-state index in [1.165, 1.54) is 4.90 Å². The van der Waals surface area contributed by atoms with E-state index in [0.29, 0.717) is 24.5 Å². The Morgan fingerprint density at radius 1 is 1.21 bits per heavy atom. The average Bonchev–Trinajstić information content (AvgIpc) is 3.89. The zero-order chi connectivity index (χ0) is 31.3. The van der Waals surface area contributed by atoms with Gasteiger partial charge in [-0.15, -0.1) is 6.58 Å². The molecule has 5 rings (SSSR count). The molecule has 43 heavy (non-hydrogen) atoms. The van der Waals surface area contributed by atoms with Crippen LogP contribution in [0.25, 0.3) is 10.8 Å². The SMILES string of the molecule is C=C[C@@H]1C[C@]1(NC(=O)[C@@H]1C[C@@H](Oc2ncc(OC)c3ccccc23)CN1C(=O)[C@@H](C)C(C)(C)C)C(=O)CS(=O)(=O)C1CC1. The second kappa shape index (κ2) is 11.2. The van der Waals surface area contributed by atoms with Crippen molar-refractivity contribution in [3.8, 4) is 11.6 Å². The molecule has 0 bridgehead atoms. The highest BCUT2D eigenvalue weighted by Gasteiger charge is 2.61. The van der Waals surface area contributed by atoms with Crippen LogP contribution < -0.4 is 14.8 Å². The Bertz CT molecular complexity index is 1560. The van der Waals surface area contributed by atoms with Gasteiger partial charge >= 0.3 is 0 Å². The van der Waals surface area contributed by atoms with Crippen molar-refractivity contribution in [1.82, 2.24) is 15.2 Å². The third kappa shape index (κ3) is 6.01. The van der Waals surface area contributed by atoms with E-state index in [2.05, 4.69) is 16.9 Å². The van der Waals surface area contributed by atoms with E-state index in [9.17, 15) is 22.8 Å². The van der Waals surface area contributed by atoms with Gasteiger partial charge in [0.25, 0.3) is 0 Å². The highest BCUT2D eigenvalue weighted by molar-refractivity contribution is 7.93. The van der Waals surface area contributed by atoms with Gasteiger partial charge in [0.05, 0.1) is 25.1 Å². The average molecular weight is 612 g/mol. The smallest absolute Gasteiger partial charge is 0.243 e. The van der Waals surface area contributed by atoms with Gasteiger partial charge in [0.15, 0.2) is 15.6 Å². The number of nitrogens with zero attached hydrogens (tertiary/aromatic N) is 2. The van der Waals surface area contributed by atoms with Crippen LogP contribution in [0.2, 0.25) is 0 Å². The number of carbonyl (C=O) groups excluding carboxylic acids is 3. The minimum atomic E-state index is -3.57. The number of ether oxygens (including phenoxy) is 2. The van der Waals surface area contributed by atoms with Crippen LogP contribution >= 0.6 is 0 Å². The highest BCUT2D eigenvalue weighted by Crippen LogP contribution is 2.46. The molecule has 2 saturated carbocycles. The fourth-order valence-electron chi connectivity index (χ4n) is 5.82. The lowest BCUT2D eigenvalue weighted by Gasteiger charge is -2.33. The molecule has 3 fully saturated rings. The third-order valence-electron chi connectivity index (χ3n) is 9.25. The quantitative estimate of drug-likeness (QED) is 0.382. The zero-order valence-corrected chi connectivity index (χ0v) is 26.3. The van der Waals surface area contributed by atoms with Crippen molar-refractivity contribution in [1.29, 1.82) is 0 Å². The van der Waals surface area contributed by atoms with Gasteiger partial charge in [0, 0.05) is 29.0 Å². The Hall–Kier alpha value is -3.47. The number of ketones is 1. The first-order valence-electron chi connectivity index (χ1n) is 14.8. The molecule has 1 aromatic heterocycles. The Morgan fingerprint density at radius 2 is 1.88 bits per heavy atom. The summed E-state index contributed by atoms with van der Waals surface area (Å²) >= 11 is 0. The lowest BCUT2D eigenvalue weighted by molar-refractivity contribution is -0.144. The van der Waals surface area contributed by atoms with Crippen molar-refractivity contribution >= 4 is 38.2 Å². The molecular formula is C32H41N3O7S. The van der Waals surface area contributed by atoms with Gasteiger partial charge in [0.2, 0.25) is 17.7 Å². The summed E-state index contributed by atoms with van der Waals surface area (Å²) in [4.78, 5) is 47.1. The van der Waals surface area contributed by atoms with E-state index >= 15 is 0 Å². The topological polar surface area (TPSA) is 132 Å². The Morgan fingerprint density at radius 3 is 2.47 bits per heavy atom. The normalized spacial score (nSPS) is 26.1. The van der Waals surface area contributed by atoms with Crippen LogP contribution in [0.1, 0.15) is 53.4 Å². The number of benzene rings is 1. The van der Waals surface area contributed by atoms with Gasteiger partial charge in [-0.05, 0) is 30.7 Å². The number of carbonyl (C=O) groups is 3. The van der Waals surface area contributed by atoms with Crippen molar-refractivity contribution in [2.45, 2.75) is 76.3 Å². The maximum Gasteiger partial charge on any atom is 0.243 e.